The molecule has 5 nitrogen and oxygen atoms in total. The fourth-order valence-corrected chi connectivity index (χ4v) is 2.98. The molecule has 2 aromatic heterocycles. The number of fused-ring (bicyclic) bond motifs is 1. The molecule has 2 heterocycles. The van der Waals surface area contributed by atoms with Gasteiger partial charge in [0.2, 0.25) is 0 Å². The molecule has 0 fully saturated rings. The molecule has 27 heavy (non-hydrogen) atoms. The van der Waals surface area contributed by atoms with Crippen LogP contribution in [-0.4, -0.2) is 10.8 Å². The Balaban J connectivity index is 1.71. The maximum atomic E-state index is 13.2. The smallest absolute Gasteiger partial charge is 0.349 e. The third-order valence-electron chi connectivity index (χ3n) is 4.30. The molecule has 0 bridgehead atoms. The molecule has 5 heteroatoms. The predicted octanol–water partition coefficient (Wildman–Crippen LogP) is 4.23. The molecule has 0 unspecified atom stereocenters. The fraction of sp³-hybridized carbons (Fsp3) is 0.0909. The van der Waals surface area contributed by atoms with Crippen molar-refractivity contribution in [2.75, 3.05) is 0 Å². The minimum absolute atomic E-state index is 0.0104. The molecule has 0 saturated heterocycles. The van der Waals surface area contributed by atoms with Crippen LogP contribution in [0.2, 0.25) is 0 Å². The summed E-state index contributed by atoms with van der Waals surface area (Å²) in [6, 6.07) is 21.9. The van der Waals surface area contributed by atoms with E-state index < -0.39 is 11.5 Å². The molecule has 0 N–H and O–H groups in total. The number of carbonyl (C=O) groups excluding carboxylic acids is 1. The molecule has 0 radical (unpaired) electrons. The van der Waals surface area contributed by atoms with Crippen molar-refractivity contribution in [2.24, 2.45) is 0 Å². The van der Waals surface area contributed by atoms with Gasteiger partial charge in [-0.1, -0.05) is 48.5 Å². The highest BCUT2D eigenvalue weighted by molar-refractivity contribution is 5.96. The van der Waals surface area contributed by atoms with Crippen LogP contribution in [0.3, 0.4) is 0 Å². The van der Waals surface area contributed by atoms with Crippen molar-refractivity contribution in [2.45, 2.75) is 13.1 Å². The first-order valence-corrected chi connectivity index (χ1v) is 8.59. The van der Waals surface area contributed by atoms with Crippen LogP contribution in [0.1, 0.15) is 21.7 Å². The van der Waals surface area contributed by atoms with Crippen LogP contribution in [0, 0.1) is 0 Å². The van der Waals surface area contributed by atoms with E-state index in [0.29, 0.717) is 23.3 Å². The van der Waals surface area contributed by atoms with E-state index in [9.17, 15) is 9.59 Å². The van der Waals surface area contributed by atoms with E-state index in [1.165, 1.54) is 0 Å². The Labute approximate surface area is 155 Å². The standard InChI is InChI=1S/C22H17NO4/c24-21(19-13-17-9-4-5-11-20(17)27-22(19)25)23(15-18-10-6-12-26-18)14-16-7-2-1-3-8-16/h1-13H,14-15H2. The van der Waals surface area contributed by atoms with Crippen LogP contribution in [-0.2, 0) is 13.1 Å². The van der Waals surface area contributed by atoms with Crippen LogP contribution in [0.25, 0.3) is 11.0 Å². The van der Waals surface area contributed by atoms with Crippen molar-refractivity contribution in [3.8, 4) is 0 Å². The van der Waals surface area contributed by atoms with Gasteiger partial charge in [0.25, 0.3) is 5.91 Å². The van der Waals surface area contributed by atoms with Crippen LogP contribution in [0.4, 0.5) is 0 Å². The van der Waals surface area contributed by atoms with E-state index in [1.807, 2.05) is 42.5 Å². The Hall–Kier alpha value is -3.60. The van der Waals surface area contributed by atoms with Gasteiger partial charge >= 0.3 is 5.63 Å². The number of para-hydroxylation sites is 1. The summed E-state index contributed by atoms with van der Waals surface area (Å²) in [6.45, 7) is 0.611. The number of carbonyl (C=O) groups is 1. The second-order valence-electron chi connectivity index (χ2n) is 6.21. The van der Waals surface area contributed by atoms with Gasteiger partial charge in [-0.05, 0) is 29.8 Å². The monoisotopic (exact) mass is 359 g/mol. The maximum absolute atomic E-state index is 13.2. The van der Waals surface area contributed by atoms with Crippen molar-refractivity contribution >= 4 is 16.9 Å². The lowest BCUT2D eigenvalue weighted by molar-refractivity contribution is 0.0713. The summed E-state index contributed by atoms with van der Waals surface area (Å²) in [5.41, 5.74) is 0.787. The number of rotatable bonds is 5. The predicted molar refractivity (Wildman–Crippen MR) is 101 cm³/mol. The second kappa shape index (κ2) is 7.33. The summed E-state index contributed by atoms with van der Waals surface area (Å²) in [4.78, 5) is 27.1. The molecular formula is C22H17NO4. The average molecular weight is 359 g/mol. The SMILES string of the molecule is O=C(c1cc2ccccc2oc1=O)N(Cc1ccccc1)Cc1ccco1. The molecule has 0 aliphatic carbocycles. The third-order valence-corrected chi connectivity index (χ3v) is 4.30. The minimum atomic E-state index is -0.642. The zero-order valence-electron chi connectivity index (χ0n) is 14.5. The molecule has 4 rings (SSSR count). The second-order valence-corrected chi connectivity index (χ2v) is 6.21. The van der Waals surface area contributed by atoms with Crippen LogP contribution >= 0.6 is 0 Å². The highest BCUT2D eigenvalue weighted by Gasteiger charge is 2.22. The van der Waals surface area contributed by atoms with Gasteiger partial charge in [0.1, 0.15) is 16.9 Å². The number of hydrogen-bond acceptors (Lipinski definition) is 4. The maximum Gasteiger partial charge on any atom is 0.349 e. The van der Waals surface area contributed by atoms with Crippen LogP contribution in [0.5, 0.6) is 0 Å². The van der Waals surface area contributed by atoms with Crippen molar-refractivity contribution in [3.05, 3.63) is 106 Å². The van der Waals surface area contributed by atoms with Gasteiger partial charge in [-0.15, -0.1) is 0 Å². The zero-order valence-corrected chi connectivity index (χ0v) is 14.5. The van der Waals surface area contributed by atoms with E-state index in [2.05, 4.69) is 0 Å². The number of furan rings is 1. The first-order valence-electron chi connectivity index (χ1n) is 8.59. The molecule has 134 valence electrons. The Morgan fingerprint density at radius 3 is 2.44 bits per heavy atom. The van der Waals surface area contributed by atoms with Crippen LogP contribution < -0.4 is 5.63 Å². The molecule has 1 amide bonds. The molecule has 0 aliphatic heterocycles. The molecule has 0 spiro atoms. The summed E-state index contributed by atoms with van der Waals surface area (Å²) in [7, 11) is 0. The number of nitrogens with zero attached hydrogens (tertiary/aromatic N) is 1. The summed E-state index contributed by atoms with van der Waals surface area (Å²) in [5, 5.41) is 0.707. The minimum Gasteiger partial charge on any atom is -0.467 e. The summed E-state index contributed by atoms with van der Waals surface area (Å²) in [5.74, 6) is 0.249. The highest BCUT2D eigenvalue weighted by Crippen LogP contribution is 2.17. The molecular weight excluding hydrogens is 342 g/mol. The summed E-state index contributed by atoms with van der Waals surface area (Å²) in [6.07, 6.45) is 1.56. The number of hydrogen-bond donors (Lipinski definition) is 0. The highest BCUT2D eigenvalue weighted by atomic mass is 16.4. The van der Waals surface area contributed by atoms with Gasteiger partial charge < -0.3 is 13.7 Å². The third kappa shape index (κ3) is 3.67. The lowest BCUT2D eigenvalue weighted by Crippen LogP contribution is -2.33. The summed E-state index contributed by atoms with van der Waals surface area (Å²) < 4.78 is 10.7. The van der Waals surface area contributed by atoms with Gasteiger partial charge in [-0.25, -0.2) is 4.79 Å². The van der Waals surface area contributed by atoms with E-state index in [-0.39, 0.29) is 12.1 Å². The van der Waals surface area contributed by atoms with Gasteiger partial charge in [0, 0.05) is 11.9 Å². The molecule has 0 saturated carbocycles. The van der Waals surface area contributed by atoms with Gasteiger partial charge in [-0.3, -0.25) is 4.79 Å². The van der Waals surface area contributed by atoms with Gasteiger partial charge in [0.15, 0.2) is 0 Å². The fourth-order valence-electron chi connectivity index (χ4n) is 2.98. The Morgan fingerprint density at radius 2 is 1.67 bits per heavy atom. The molecule has 4 aromatic rings. The summed E-state index contributed by atoms with van der Waals surface area (Å²) >= 11 is 0. The number of benzene rings is 2. The Morgan fingerprint density at radius 1 is 0.889 bits per heavy atom. The normalized spacial score (nSPS) is 10.8. The quantitative estimate of drug-likeness (QED) is 0.500. The van der Waals surface area contributed by atoms with Crippen LogP contribution in [0.15, 0.2) is 92.7 Å². The van der Waals surface area contributed by atoms with E-state index in [1.54, 1.807) is 41.5 Å². The largest absolute Gasteiger partial charge is 0.467 e. The number of amides is 1. The van der Waals surface area contributed by atoms with Crippen molar-refractivity contribution in [1.82, 2.24) is 4.90 Å². The van der Waals surface area contributed by atoms with Crippen molar-refractivity contribution in [1.29, 1.82) is 0 Å². The first-order chi connectivity index (χ1) is 13.2. The molecule has 0 aliphatic rings. The average Bonchev–Trinajstić information content (AvgIpc) is 3.20. The zero-order chi connectivity index (χ0) is 18.6. The molecule has 0 atom stereocenters. The topological polar surface area (TPSA) is 63.7 Å². The Bertz CT molecular complexity index is 1110. The Kier molecular flexibility index (Phi) is 4.58. The van der Waals surface area contributed by atoms with Gasteiger partial charge in [0.05, 0.1) is 12.8 Å². The van der Waals surface area contributed by atoms with Gasteiger partial charge in [-0.2, -0.15) is 0 Å². The molecule has 2 aromatic carbocycles. The lowest BCUT2D eigenvalue weighted by atomic mass is 10.1. The van der Waals surface area contributed by atoms with E-state index >= 15 is 0 Å². The lowest BCUT2D eigenvalue weighted by Gasteiger charge is -2.21. The van der Waals surface area contributed by atoms with Crippen molar-refractivity contribution < 1.29 is 13.6 Å². The van der Waals surface area contributed by atoms with Crippen molar-refractivity contribution in [3.63, 3.8) is 0 Å². The van der Waals surface area contributed by atoms with E-state index in [4.69, 9.17) is 8.83 Å². The van der Waals surface area contributed by atoms with E-state index in [0.717, 1.165) is 5.56 Å². The first kappa shape index (κ1) is 16.8.